The summed E-state index contributed by atoms with van der Waals surface area (Å²) in [6.45, 7) is 11.9. The monoisotopic (exact) mass is 458 g/mol. The Kier molecular flexibility index (Phi) is 17.4. The summed E-state index contributed by atoms with van der Waals surface area (Å²) in [7, 11) is -7.27. The van der Waals surface area contributed by atoms with E-state index in [9.17, 15) is 26.4 Å². The maximum Gasteiger partial charge on any atom is 1.00 e. The van der Waals surface area contributed by atoms with Crippen LogP contribution in [0.5, 0.6) is 0 Å². The van der Waals surface area contributed by atoms with E-state index < -0.39 is 54.6 Å². The molecule has 0 unspecified atom stereocenters. The van der Waals surface area contributed by atoms with Gasteiger partial charge >= 0.3 is 41.5 Å². The molecule has 0 aliphatic carbocycles. The molecule has 0 heterocycles. The van der Waals surface area contributed by atoms with E-state index in [2.05, 4.69) is 14.2 Å². The molecule has 0 aliphatic rings. The van der Waals surface area contributed by atoms with Crippen molar-refractivity contribution in [1.29, 1.82) is 0 Å². The van der Waals surface area contributed by atoms with Crippen LogP contribution in [0.3, 0.4) is 0 Å². The molecule has 0 bridgehead atoms. The number of sulfonamides is 2. The van der Waals surface area contributed by atoms with Crippen molar-refractivity contribution < 1.29 is 71.3 Å². The summed E-state index contributed by atoms with van der Waals surface area (Å²) >= 11 is 0. The average molecular weight is 459 g/mol. The number of carbonyl (C=O) groups excluding carboxylic acids is 1. The summed E-state index contributed by atoms with van der Waals surface area (Å²) < 4.78 is 53.7. The zero-order valence-corrected chi connectivity index (χ0v) is 21.3. The van der Waals surface area contributed by atoms with E-state index in [4.69, 9.17) is 5.11 Å². The van der Waals surface area contributed by atoms with Crippen LogP contribution in [0.2, 0.25) is 0 Å². The van der Waals surface area contributed by atoms with Crippen LogP contribution in [0, 0.1) is 0 Å². The molecule has 4 N–H and O–H groups in total. The van der Waals surface area contributed by atoms with Crippen molar-refractivity contribution in [3.05, 3.63) is 0 Å². The van der Waals surface area contributed by atoms with Gasteiger partial charge in [0.05, 0.1) is 6.61 Å². The number of nitrogens with one attached hydrogen (secondary N) is 2. The summed E-state index contributed by atoms with van der Waals surface area (Å²) in [6, 6.07) is 0. The molecule has 0 atom stereocenters. The number of carboxylic acids is 1. The summed E-state index contributed by atoms with van der Waals surface area (Å²) in [5.41, 5.74) is -1.21. The SMILES string of the molecule is CC(C)(C)NS(=O)(=O)CC(=O)O.CCOC(=O)CS(=O)(=O)NC(C)(C)C.[Na+].[OH-]. The second-order valence-corrected chi connectivity index (χ2v) is 10.9. The predicted molar refractivity (Wildman–Crippen MR) is 99.6 cm³/mol. The Balaban J connectivity index is -0.000000194. The molecule has 0 fully saturated rings. The Bertz CT molecular complexity index is 679. The van der Waals surface area contributed by atoms with Gasteiger partial charge in [0.2, 0.25) is 20.0 Å². The summed E-state index contributed by atoms with van der Waals surface area (Å²) in [5.74, 6) is -3.60. The van der Waals surface area contributed by atoms with Crippen molar-refractivity contribution in [2.75, 3.05) is 18.1 Å². The predicted octanol–water partition coefficient (Wildman–Crippen LogP) is -3.12. The van der Waals surface area contributed by atoms with Gasteiger partial charge in [-0.05, 0) is 48.5 Å². The van der Waals surface area contributed by atoms with Gasteiger partial charge in [-0.15, -0.1) is 0 Å². The molecule has 0 saturated heterocycles. The Morgan fingerprint density at radius 2 is 1.18 bits per heavy atom. The number of esters is 1. The minimum absolute atomic E-state index is 0. The van der Waals surface area contributed by atoms with E-state index >= 15 is 0 Å². The first kappa shape index (κ1) is 35.2. The number of carboxylic acid groups (broad SMARTS) is 1. The molecule has 0 spiro atoms. The molecule has 0 radical (unpaired) electrons. The third-order valence-electron chi connectivity index (χ3n) is 1.85. The minimum Gasteiger partial charge on any atom is -0.870 e. The van der Waals surface area contributed by atoms with Crippen LogP contribution in [0.4, 0.5) is 0 Å². The quantitative estimate of drug-likeness (QED) is 0.262. The molecule has 0 rings (SSSR count). The standard InChI is InChI=1S/C8H17NO4S.C6H13NO4S.Na.H2O/c1-5-13-7(10)6-14(11,12)9-8(2,3)4;1-6(2,3)7-12(10,11)4-5(8)9;;/h9H,5-6H2,1-4H3;7H,4H2,1-3H3,(H,8,9);;1H2/q;;+1;/p-1. The topological polar surface area (TPSA) is 186 Å². The number of hydrogen-bond donors (Lipinski definition) is 3. The summed E-state index contributed by atoms with van der Waals surface area (Å²) in [5, 5.41) is 8.23. The van der Waals surface area contributed by atoms with Crippen molar-refractivity contribution in [3.63, 3.8) is 0 Å². The van der Waals surface area contributed by atoms with Crippen LogP contribution < -0.4 is 39.0 Å². The molecule has 0 amide bonds. The zero-order chi connectivity index (χ0) is 21.4. The molecule has 0 aliphatic heterocycles. The third kappa shape index (κ3) is 25.7. The van der Waals surface area contributed by atoms with Gasteiger partial charge in [0.25, 0.3) is 0 Å². The normalized spacial score (nSPS) is 11.8. The van der Waals surface area contributed by atoms with Crippen LogP contribution in [0.15, 0.2) is 0 Å². The Morgan fingerprint density at radius 1 is 0.857 bits per heavy atom. The smallest absolute Gasteiger partial charge is 0.870 e. The van der Waals surface area contributed by atoms with Crippen LogP contribution in [0.1, 0.15) is 48.5 Å². The first-order chi connectivity index (χ1) is 11.3. The van der Waals surface area contributed by atoms with Crippen molar-refractivity contribution in [1.82, 2.24) is 9.44 Å². The van der Waals surface area contributed by atoms with Gasteiger partial charge in [-0.1, -0.05) is 0 Å². The molecular formula is C14H31N2NaO9S2. The number of aliphatic carboxylic acids is 1. The number of hydrogen-bond acceptors (Lipinski definition) is 8. The van der Waals surface area contributed by atoms with Gasteiger partial charge in [-0.2, -0.15) is 0 Å². The molecule has 11 nitrogen and oxygen atoms in total. The van der Waals surface area contributed by atoms with Gasteiger partial charge in [-0.3, -0.25) is 9.59 Å². The minimum atomic E-state index is -3.69. The van der Waals surface area contributed by atoms with E-state index in [1.54, 1.807) is 48.5 Å². The molecule has 14 heteroatoms. The van der Waals surface area contributed by atoms with E-state index in [1.807, 2.05) is 0 Å². The second kappa shape index (κ2) is 13.9. The van der Waals surface area contributed by atoms with Crippen molar-refractivity contribution in [2.24, 2.45) is 0 Å². The van der Waals surface area contributed by atoms with Crippen molar-refractivity contribution >= 4 is 32.0 Å². The van der Waals surface area contributed by atoms with Gasteiger partial charge < -0.3 is 15.3 Å². The molecular weight excluding hydrogens is 427 g/mol. The Labute approximate surface area is 189 Å². The maximum atomic E-state index is 11.3. The van der Waals surface area contributed by atoms with Crippen LogP contribution in [0.25, 0.3) is 0 Å². The third-order valence-corrected chi connectivity index (χ3v) is 4.94. The number of rotatable bonds is 7. The van der Waals surface area contributed by atoms with Gasteiger partial charge in [0.1, 0.15) is 0 Å². The number of ether oxygens (including phenoxy) is 1. The Morgan fingerprint density at radius 3 is 1.43 bits per heavy atom. The first-order valence-electron chi connectivity index (χ1n) is 7.69. The molecule has 0 aromatic carbocycles. The maximum absolute atomic E-state index is 11.3. The fraction of sp³-hybridized carbons (Fsp3) is 0.857. The largest absolute Gasteiger partial charge is 1.00 e. The van der Waals surface area contributed by atoms with Gasteiger partial charge in [0, 0.05) is 11.1 Å². The fourth-order valence-electron chi connectivity index (χ4n) is 1.53. The molecule has 0 saturated carbocycles. The summed E-state index contributed by atoms with van der Waals surface area (Å²) in [4.78, 5) is 21.0. The van der Waals surface area contributed by atoms with Crippen molar-refractivity contribution in [3.8, 4) is 0 Å². The Hall–Kier alpha value is -0.280. The average Bonchev–Trinajstić information content (AvgIpc) is 2.18. The zero-order valence-electron chi connectivity index (χ0n) is 17.7. The molecule has 0 aromatic rings. The fourth-order valence-corrected chi connectivity index (χ4v) is 4.25. The van der Waals surface area contributed by atoms with E-state index in [0.29, 0.717) is 0 Å². The van der Waals surface area contributed by atoms with Crippen LogP contribution in [-0.4, -0.2) is 68.5 Å². The molecule has 164 valence electrons. The van der Waals surface area contributed by atoms with E-state index in [1.165, 1.54) is 0 Å². The first-order valence-corrected chi connectivity index (χ1v) is 11.0. The number of carbonyl (C=O) groups is 2. The van der Waals surface area contributed by atoms with E-state index in [-0.39, 0.29) is 41.6 Å². The molecule has 0 aromatic heterocycles. The molecule has 28 heavy (non-hydrogen) atoms. The second-order valence-electron chi connectivity index (χ2n) is 7.42. The van der Waals surface area contributed by atoms with E-state index in [0.717, 1.165) is 0 Å². The van der Waals surface area contributed by atoms with Gasteiger partial charge in [0.15, 0.2) is 11.5 Å². The van der Waals surface area contributed by atoms with Crippen molar-refractivity contribution in [2.45, 2.75) is 59.5 Å². The van der Waals surface area contributed by atoms with Crippen LogP contribution >= 0.6 is 0 Å². The van der Waals surface area contributed by atoms with Gasteiger partial charge in [-0.25, -0.2) is 26.3 Å². The van der Waals surface area contributed by atoms with Crippen LogP contribution in [-0.2, 0) is 34.4 Å². The summed E-state index contributed by atoms with van der Waals surface area (Å²) in [6.07, 6.45) is 0.